The summed E-state index contributed by atoms with van der Waals surface area (Å²) in [7, 11) is 0. The topological polar surface area (TPSA) is 20.2 Å². The van der Waals surface area contributed by atoms with Gasteiger partial charge in [0.1, 0.15) is 5.75 Å². The summed E-state index contributed by atoms with van der Waals surface area (Å²) in [4.78, 5) is 1.17. The number of benzene rings is 4. The first-order valence-corrected chi connectivity index (χ1v) is 11.1. The predicted molar refractivity (Wildman–Crippen MR) is 128 cm³/mol. The van der Waals surface area contributed by atoms with Crippen molar-refractivity contribution in [3.63, 3.8) is 0 Å². The van der Waals surface area contributed by atoms with Crippen molar-refractivity contribution in [2.24, 2.45) is 0 Å². The van der Waals surface area contributed by atoms with Gasteiger partial charge in [-0.1, -0.05) is 84.4 Å². The second kappa shape index (κ2) is 9.23. The SMILES string of the molecule is Cc1ccc(-c2ccc(C(Cc3ccccc3)Sc3ccc(O)c(C)c3)cc2)cc1. The van der Waals surface area contributed by atoms with Crippen molar-refractivity contribution in [1.29, 1.82) is 0 Å². The molecule has 0 aliphatic heterocycles. The lowest BCUT2D eigenvalue weighted by molar-refractivity contribution is 0.470. The Morgan fingerprint density at radius 3 is 2.00 bits per heavy atom. The highest BCUT2D eigenvalue weighted by molar-refractivity contribution is 7.99. The molecule has 4 rings (SSSR count). The minimum atomic E-state index is 0.295. The lowest BCUT2D eigenvalue weighted by Crippen LogP contribution is -1.99. The van der Waals surface area contributed by atoms with Crippen LogP contribution in [-0.2, 0) is 6.42 Å². The monoisotopic (exact) mass is 410 g/mol. The summed E-state index contributed by atoms with van der Waals surface area (Å²) < 4.78 is 0. The Balaban J connectivity index is 1.62. The minimum absolute atomic E-state index is 0.295. The molecule has 1 N–H and O–H groups in total. The van der Waals surface area contributed by atoms with Crippen molar-refractivity contribution in [3.05, 3.63) is 119 Å². The Hall–Kier alpha value is -2.97. The van der Waals surface area contributed by atoms with E-state index in [4.69, 9.17) is 0 Å². The average Bonchev–Trinajstić information content (AvgIpc) is 2.77. The molecule has 0 amide bonds. The van der Waals surface area contributed by atoms with Gasteiger partial charge in [0, 0.05) is 10.1 Å². The third kappa shape index (κ3) is 4.95. The fourth-order valence-electron chi connectivity index (χ4n) is 3.56. The Labute approximate surface area is 183 Å². The molecule has 0 bridgehead atoms. The zero-order valence-electron chi connectivity index (χ0n) is 17.4. The first kappa shape index (κ1) is 20.3. The van der Waals surface area contributed by atoms with Crippen molar-refractivity contribution in [2.45, 2.75) is 30.4 Å². The van der Waals surface area contributed by atoms with Crippen molar-refractivity contribution in [1.82, 2.24) is 0 Å². The number of phenolic OH excluding ortho intramolecular Hbond substituents is 1. The molecule has 1 atom stereocenters. The van der Waals surface area contributed by atoms with E-state index < -0.39 is 0 Å². The molecule has 0 fully saturated rings. The van der Waals surface area contributed by atoms with Gasteiger partial charge in [-0.15, -0.1) is 11.8 Å². The summed E-state index contributed by atoms with van der Waals surface area (Å²) >= 11 is 1.85. The number of rotatable bonds is 6. The predicted octanol–water partition coefficient (Wildman–Crippen LogP) is 7.75. The molecular weight excluding hydrogens is 384 g/mol. The lowest BCUT2D eigenvalue weighted by atomic mass is 9.99. The molecule has 4 aromatic carbocycles. The van der Waals surface area contributed by atoms with Crippen LogP contribution in [-0.4, -0.2) is 5.11 Å². The van der Waals surface area contributed by atoms with Crippen molar-refractivity contribution < 1.29 is 5.11 Å². The Bertz CT molecular complexity index is 1100. The third-order valence-electron chi connectivity index (χ3n) is 5.38. The van der Waals surface area contributed by atoms with Crippen LogP contribution in [0.5, 0.6) is 5.75 Å². The summed E-state index contributed by atoms with van der Waals surface area (Å²) in [6, 6.07) is 34.1. The second-order valence-corrected chi connectivity index (χ2v) is 9.01. The van der Waals surface area contributed by atoms with Gasteiger partial charge in [0.05, 0.1) is 0 Å². The number of hydrogen-bond donors (Lipinski definition) is 1. The molecule has 0 spiro atoms. The highest BCUT2D eigenvalue weighted by Crippen LogP contribution is 2.39. The molecular formula is C28H26OS. The summed E-state index contributed by atoms with van der Waals surface area (Å²) in [5.74, 6) is 0.349. The molecule has 0 radical (unpaired) electrons. The minimum Gasteiger partial charge on any atom is -0.508 e. The standard InChI is InChI=1S/C28H26OS/c1-20-8-10-23(11-9-20)24-12-14-25(15-13-24)28(19-22-6-4-3-5-7-22)30-26-16-17-27(29)21(2)18-26/h3-18,28-29H,19H2,1-2H3. The first-order chi connectivity index (χ1) is 14.6. The van der Waals surface area contributed by atoms with E-state index in [0.717, 1.165) is 12.0 Å². The fraction of sp³-hybridized carbons (Fsp3) is 0.143. The molecule has 0 saturated heterocycles. The smallest absolute Gasteiger partial charge is 0.118 e. The summed E-state index contributed by atoms with van der Waals surface area (Å²) in [6.07, 6.45) is 0.954. The van der Waals surface area contributed by atoms with E-state index >= 15 is 0 Å². The second-order valence-electron chi connectivity index (χ2n) is 7.73. The van der Waals surface area contributed by atoms with E-state index in [1.54, 1.807) is 6.07 Å². The normalized spacial score (nSPS) is 11.9. The van der Waals surface area contributed by atoms with Crippen LogP contribution in [0.25, 0.3) is 11.1 Å². The van der Waals surface area contributed by atoms with E-state index in [-0.39, 0.29) is 0 Å². The zero-order chi connectivity index (χ0) is 20.9. The molecule has 0 saturated carbocycles. The molecule has 150 valence electrons. The molecule has 2 heteroatoms. The van der Waals surface area contributed by atoms with Crippen molar-refractivity contribution in [2.75, 3.05) is 0 Å². The molecule has 0 aliphatic rings. The largest absolute Gasteiger partial charge is 0.508 e. The molecule has 4 aromatic rings. The van der Waals surface area contributed by atoms with E-state index in [0.29, 0.717) is 11.0 Å². The summed E-state index contributed by atoms with van der Waals surface area (Å²) in [6.45, 7) is 4.06. The maximum atomic E-state index is 9.88. The lowest BCUT2D eigenvalue weighted by Gasteiger charge is -2.18. The number of thioether (sulfide) groups is 1. The molecule has 1 nitrogen and oxygen atoms in total. The van der Waals surface area contributed by atoms with Gasteiger partial charge < -0.3 is 5.11 Å². The number of aromatic hydroxyl groups is 1. The van der Waals surface area contributed by atoms with Crippen LogP contribution >= 0.6 is 11.8 Å². The van der Waals surface area contributed by atoms with Gasteiger partial charge in [0.2, 0.25) is 0 Å². The van der Waals surface area contributed by atoms with Gasteiger partial charge in [-0.3, -0.25) is 0 Å². The Kier molecular flexibility index (Phi) is 6.25. The van der Waals surface area contributed by atoms with Crippen LogP contribution in [0.2, 0.25) is 0 Å². The van der Waals surface area contributed by atoms with Gasteiger partial charge in [0.25, 0.3) is 0 Å². The number of hydrogen-bond acceptors (Lipinski definition) is 2. The summed E-state index contributed by atoms with van der Waals surface area (Å²) in [5.41, 5.74) is 7.31. The fourth-order valence-corrected chi connectivity index (χ4v) is 4.85. The summed E-state index contributed by atoms with van der Waals surface area (Å²) in [5, 5.41) is 10.2. The number of phenols is 1. The van der Waals surface area contributed by atoms with E-state index in [1.807, 2.05) is 24.8 Å². The van der Waals surface area contributed by atoms with Crippen LogP contribution < -0.4 is 0 Å². The van der Waals surface area contributed by atoms with Gasteiger partial charge in [0.15, 0.2) is 0 Å². The maximum absolute atomic E-state index is 9.88. The van der Waals surface area contributed by atoms with E-state index in [2.05, 4.69) is 91.9 Å². The highest BCUT2D eigenvalue weighted by Gasteiger charge is 2.15. The van der Waals surface area contributed by atoms with Crippen LogP contribution in [0, 0.1) is 13.8 Å². The Morgan fingerprint density at radius 1 is 0.733 bits per heavy atom. The van der Waals surface area contributed by atoms with E-state index in [9.17, 15) is 5.11 Å². The molecule has 0 aliphatic carbocycles. The van der Waals surface area contributed by atoms with Gasteiger partial charge in [-0.2, -0.15) is 0 Å². The van der Waals surface area contributed by atoms with Crippen LogP contribution in [0.3, 0.4) is 0 Å². The van der Waals surface area contributed by atoms with Gasteiger partial charge in [-0.05, 0) is 66.3 Å². The van der Waals surface area contributed by atoms with Gasteiger partial charge >= 0.3 is 0 Å². The van der Waals surface area contributed by atoms with Crippen molar-refractivity contribution >= 4 is 11.8 Å². The van der Waals surface area contributed by atoms with Gasteiger partial charge in [-0.25, -0.2) is 0 Å². The van der Waals surface area contributed by atoms with Crippen LogP contribution in [0.4, 0.5) is 0 Å². The van der Waals surface area contributed by atoms with E-state index in [1.165, 1.54) is 32.7 Å². The number of aryl methyl sites for hydroxylation is 2. The average molecular weight is 411 g/mol. The quantitative estimate of drug-likeness (QED) is 0.328. The van der Waals surface area contributed by atoms with Crippen molar-refractivity contribution in [3.8, 4) is 16.9 Å². The molecule has 0 heterocycles. The molecule has 30 heavy (non-hydrogen) atoms. The van der Waals surface area contributed by atoms with Crippen LogP contribution in [0.1, 0.15) is 27.5 Å². The Morgan fingerprint density at radius 2 is 1.37 bits per heavy atom. The molecule has 0 aromatic heterocycles. The first-order valence-electron chi connectivity index (χ1n) is 10.3. The molecule has 1 unspecified atom stereocenters. The maximum Gasteiger partial charge on any atom is 0.118 e. The third-order valence-corrected chi connectivity index (χ3v) is 6.63. The van der Waals surface area contributed by atoms with Crippen LogP contribution in [0.15, 0.2) is 102 Å². The highest BCUT2D eigenvalue weighted by atomic mass is 32.2. The zero-order valence-corrected chi connectivity index (χ0v) is 18.2.